The Balaban J connectivity index is 1.63. The summed E-state index contributed by atoms with van der Waals surface area (Å²) in [7, 11) is 2.16. The molecule has 0 aromatic rings. The highest BCUT2D eigenvalue weighted by Gasteiger charge is 2.18. The number of nitrogens with zero attached hydrogens (tertiary/aromatic N) is 2. The summed E-state index contributed by atoms with van der Waals surface area (Å²) in [6.07, 6.45) is 4.42. The van der Waals surface area contributed by atoms with Gasteiger partial charge < -0.3 is 9.64 Å². The van der Waals surface area contributed by atoms with E-state index in [-0.39, 0.29) is 0 Å². The molecule has 1 atom stereocenters. The van der Waals surface area contributed by atoms with Crippen molar-refractivity contribution in [3.8, 4) is 0 Å². The zero-order valence-electron chi connectivity index (χ0n) is 9.74. The minimum atomic E-state index is 0.366. The summed E-state index contributed by atoms with van der Waals surface area (Å²) < 4.78 is 5.71. The van der Waals surface area contributed by atoms with Crippen LogP contribution in [0.5, 0.6) is 0 Å². The number of nitrogens with one attached hydrogen (secondary N) is 1. The molecule has 1 N–H and O–H groups in total. The van der Waals surface area contributed by atoms with Crippen LogP contribution < -0.4 is 5.43 Å². The molecule has 1 unspecified atom stereocenters. The molecule has 4 heteroatoms. The fourth-order valence-electron chi connectivity index (χ4n) is 2.27. The summed E-state index contributed by atoms with van der Waals surface area (Å²) >= 11 is 0. The molecule has 88 valence electrons. The van der Waals surface area contributed by atoms with Crippen molar-refractivity contribution in [2.75, 3.05) is 46.4 Å². The highest BCUT2D eigenvalue weighted by molar-refractivity contribution is 4.71. The smallest absolute Gasteiger partial charge is 0.0840 e. The quantitative estimate of drug-likeness (QED) is 0.730. The maximum atomic E-state index is 5.71. The van der Waals surface area contributed by atoms with Gasteiger partial charge in [-0.05, 0) is 19.9 Å². The number of hydrazine groups is 1. The Morgan fingerprint density at radius 1 is 1.20 bits per heavy atom. The summed E-state index contributed by atoms with van der Waals surface area (Å²) in [5.74, 6) is 0. The van der Waals surface area contributed by atoms with Crippen molar-refractivity contribution >= 4 is 0 Å². The van der Waals surface area contributed by atoms with Gasteiger partial charge in [0, 0.05) is 32.7 Å². The number of morpholine rings is 1. The predicted octanol–water partition coefficient (Wildman–Crippen LogP) is 0.308. The SMILES string of the molecule is CN1CCOC(CNN2CCCCC2)C1. The van der Waals surface area contributed by atoms with Gasteiger partial charge in [-0.1, -0.05) is 6.42 Å². The Hall–Kier alpha value is -0.160. The zero-order chi connectivity index (χ0) is 10.5. The van der Waals surface area contributed by atoms with E-state index in [1.165, 1.54) is 32.4 Å². The van der Waals surface area contributed by atoms with Gasteiger partial charge in [0.15, 0.2) is 0 Å². The maximum Gasteiger partial charge on any atom is 0.0840 e. The van der Waals surface area contributed by atoms with Crippen LogP contribution in [0, 0.1) is 0 Å². The number of likely N-dealkylation sites (N-methyl/N-ethyl adjacent to an activating group) is 1. The molecule has 2 aliphatic heterocycles. The zero-order valence-corrected chi connectivity index (χ0v) is 9.74. The summed E-state index contributed by atoms with van der Waals surface area (Å²) in [5.41, 5.74) is 3.49. The predicted molar refractivity (Wildman–Crippen MR) is 60.7 cm³/mol. The molecule has 0 amide bonds. The van der Waals surface area contributed by atoms with Crippen LogP contribution in [0.25, 0.3) is 0 Å². The second-order valence-electron chi connectivity index (χ2n) is 4.66. The Bertz CT molecular complexity index is 183. The number of hydrogen-bond donors (Lipinski definition) is 1. The third-order valence-electron chi connectivity index (χ3n) is 3.24. The highest BCUT2D eigenvalue weighted by atomic mass is 16.5. The van der Waals surface area contributed by atoms with Gasteiger partial charge in [0.1, 0.15) is 0 Å². The fourth-order valence-corrected chi connectivity index (χ4v) is 2.27. The van der Waals surface area contributed by atoms with E-state index < -0.39 is 0 Å². The molecule has 2 heterocycles. The van der Waals surface area contributed by atoms with Crippen molar-refractivity contribution in [2.24, 2.45) is 0 Å². The molecule has 0 aromatic carbocycles. The Morgan fingerprint density at radius 2 is 2.00 bits per heavy atom. The van der Waals surface area contributed by atoms with Crippen LogP contribution in [0.2, 0.25) is 0 Å². The van der Waals surface area contributed by atoms with Gasteiger partial charge in [-0.3, -0.25) is 5.43 Å². The third-order valence-corrected chi connectivity index (χ3v) is 3.24. The van der Waals surface area contributed by atoms with Crippen molar-refractivity contribution in [1.82, 2.24) is 15.3 Å². The molecule has 0 radical (unpaired) electrons. The van der Waals surface area contributed by atoms with E-state index in [4.69, 9.17) is 4.74 Å². The molecule has 0 aliphatic carbocycles. The van der Waals surface area contributed by atoms with Crippen molar-refractivity contribution in [2.45, 2.75) is 25.4 Å². The Labute approximate surface area is 92.5 Å². The molecule has 2 fully saturated rings. The largest absolute Gasteiger partial charge is 0.374 e. The van der Waals surface area contributed by atoms with Crippen LogP contribution in [0.3, 0.4) is 0 Å². The first-order chi connectivity index (χ1) is 7.34. The summed E-state index contributed by atoms with van der Waals surface area (Å²) in [5, 5.41) is 2.35. The Morgan fingerprint density at radius 3 is 2.73 bits per heavy atom. The summed E-state index contributed by atoms with van der Waals surface area (Å²) in [6, 6.07) is 0. The van der Waals surface area contributed by atoms with Gasteiger partial charge in [0.25, 0.3) is 0 Å². The first-order valence-electron chi connectivity index (χ1n) is 6.13. The van der Waals surface area contributed by atoms with Gasteiger partial charge in [0.05, 0.1) is 12.7 Å². The van der Waals surface area contributed by atoms with Gasteiger partial charge in [-0.25, -0.2) is 5.01 Å². The highest BCUT2D eigenvalue weighted by Crippen LogP contribution is 2.07. The van der Waals surface area contributed by atoms with Crippen molar-refractivity contribution in [1.29, 1.82) is 0 Å². The second-order valence-corrected chi connectivity index (χ2v) is 4.66. The van der Waals surface area contributed by atoms with E-state index in [1.54, 1.807) is 0 Å². The molecular formula is C11H23N3O. The lowest BCUT2D eigenvalue weighted by molar-refractivity contribution is -0.0292. The van der Waals surface area contributed by atoms with E-state index in [9.17, 15) is 0 Å². The van der Waals surface area contributed by atoms with Crippen LogP contribution >= 0.6 is 0 Å². The fraction of sp³-hybridized carbons (Fsp3) is 1.00. The first kappa shape index (κ1) is 11.3. The first-order valence-corrected chi connectivity index (χ1v) is 6.13. The lowest BCUT2D eigenvalue weighted by Crippen LogP contribution is -2.50. The number of ether oxygens (including phenoxy) is 1. The van der Waals surface area contributed by atoms with Crippen molar-refractivity contribution in [3.05, 3.63) is 0 Å². The molecule has 0 aromatic heterocycles. The standard InChI is InChI=1S/C11H23N3O/c1-13-7-8-15-11(10-13)9-12-14-5-3-2-4-6-14/h11-12H,2-10H2,1H3. The van der Waals surface area contributed by atoms with Gasteiger partial charge in [-0.15, -0.1) is 0 Å². The average Bonchev–Trinajstić information content (AvgIpc) is 2.28. The lowest BCUT2D eigenvalue weighted by atomic mass is 10.2. The molecule has 0 spiro atoms. The number of rotatable bonds is 3. The van der Waals surface area contributed by atoms with Crippen molar-refractivity contribution in [3.63, 3.8) is 0 Å². The molecular weight excluding hydrogens is 190 g/mol. The molecule has 0 saturated carbocycles. The summed E-state index contributed by atoms with van der Waals surface area (Å²) in [6.45, 7) is 6.36. The van der Waals surface area contributed by atoms with Crippen LogP contribution in [-0.4, -0.2) is 62.4 Å². The molecule has 15 heavy (non-hydrogen) atoms. The molecule has 0 bridgehead atoms. The van der Waals surface area contributed by atoms with E-state index in [0.717, 1.165) is 26.2 Å². The third kappa shape index (κ3) is 3.72. The monoisotopic (exact) mass is 213 g/mol. The van der Waals surface area contributed by atoms with E-state index in [2.05, 4.69) is 22.4 Å². The molecule has 2 saturated heterocycles. The molecule has 4 nitrogen and oxygen atoms in total. The van der Waals surface area contributed by atoms with Gasteiger partial charge >= 0.3 is 0 Å². The van der Waals surface area contributed by atoms with Crippen LogP contribution in [0.1, 0.15) is 19.3 Å². The number of hydrogen-bond acceptors (Lipinski definition) is 4. The van der Waals surface area contributed by atoms with Crippen LogP contribution in [0.4, 0.5) is 0 Å². The Kier molecular flexibility index (Phi) is 4.38. The lowest BCUT2D eigenvalue weighted by Gasteiger charge is -2.33. The maximum absolute atomic E-state index is 5.71. The molecule has 2 rings (SSSR count). The van der Waals surface area contributed by atoms with Crippen LogP contribution in [-0.2, 0) is 4.74 Å². The summed E-state index contributed by atoms with van der Waals surface area (Å²) in [4.78, 5) is 2.34. The van der Waals surface area contributed by atoms with E-state index in [0.29, 0.717) is 6.10 Å². The topological polar surface area (TPSA) is 27.7 Å². The second kappa shape index (κ2) is 5.80. The van der Waals surface area contributed by atoms with Gasteiger partial charge in [-0.2, -0.15) is 0 Å². The minimum Gasteiger partial charge on any atom is -0.374 e. The van der Waals surface area contributed by atoms with Crippen molar-refractivity contribution < 1.29 is 4.74 Å². The van der Waals surface area contributed by atoms with Gasteiger partial charge in [0.2, 0.25) is 0 Å². The van der Waals surface area contributed by atoms with E-state index in [1.807, 2.05) is 0 Å². The van der Waals surface area contributed by atoms with Crippen LogP contribution in [0.15, 0.2) is 0 Å². The number of piperidine rings is 1. The average molecular weight is 213 g/mol. The molecule has 2 aliphatic rings. The minimum absolute atomic E-state index is 0.366. The van der Waals surface area contributed by atoms with E-state index >= 15 is 0 Å². The normalized spacial score (nSPS) is 30.6.